The molecular weight excluding hydrogens is 452 g/mol. The van der Waals surface area contributed by atoms with Crippen molar-refractivity contribution in [3.8, 4) is 11.4 Å². The van der Waals surface area contributed by atoms with Crippen molar-refractivity contribution >= 4 is 22.6 Å². The highest BCUT2D eigenvalue weighted by Gasteiger charge is 2.52. The molecule has 0 spiro atoms. The van der Waals surface area contributed by atoms with Gasteiger partial charge in [0.25, 0.3) is 5.56 Å². The number of aromatic nitrogens is 2. The Morgan fingerprint density at radius 1 is 1.29 bits per heavy atom. The highest BCUT2D eigenvalue weighted by Crippen LogP contribution is 2.47. The van der Waals surface area contributed by atoms with E-state index in [9.17, 15) is 24.8 Å². The van der Waals surface area contributed by atoms with Gasteiger partial charge in [0, 0.05) is 10.9 Å². The van der Waals surface area contributed by atoms with Crippen LogP contribution < -0.4 is 5.56 Å². The highest BCUT2D eigenvalue weighted by atomic mass is 17.1. The summed E-state index contributed by atoms with van der Waals surface area (Å²) in [4.78, 5) is 46.8. The number of carbonyl (C=O) groups excluding carboxylic acids is 1. The Kier molecular flexibility index (Phi) is 4.96. The first-order valence-electron chi connectivity index (χ1n) is 10.2. The summed E-state index contributed by atoms with van der Waals surface area (Å²) in [5, 5.41) is 41.6. The Morgan fingerprint density at radius 3 is 2.71 bits per heavy atom. The number of cyclic esters (lactones) is 1. The minimum atomic E-state index is -2.37. The number of para-hydroxylation sites is 1. The minimum absolute atomic E-state index is 0.101. The van der Waals surface area contributed by atoms with Gasteiger partial charge in [-0.25, -0.2) is 14.6 Å². The SMILES string of the molecule is CCC1(O)C(=O)OCc2c1c([N+](=O)[O-])c1n(c2=O)Cc2c-1nc1ccccc1c2CON(O)O. The molecule has 34 heavy (non-hydrogen) atoms. The molecule has 0 aliphatic carbocycles. The van der Waals surface area contributed by atoms with E-state index in [1.807, 2.05) is 0 Å². The molecule has 1 atom stereocenters. The van der Waals surface area contributed by atoms with Crippen molar-refractivity contribution in [2.75, 3.05) is 0 Å². The summed E-state index contributed by atoms with van der Waals surface area (Å²) in [6.07, 6.45) is -0.248. The Balaban J connectivity index is 1.89. The lowest BCUT2D eigenvalue weighted by Gasteiger charge is -2.31. The fraction of sp³-hybridized carbons (Fsp3) is 0.286. The third-order valence-corrected chi connectivity index (χ3v) is 6.31. The lowest BCUT2D eigenvalue weighted by atomic mass is 9.84. The smallest absolute Gasteiger partial charge is 0.343 e. The number of esters is 1. The maximum Gasteiger partial charge on any atom is 0.343 e. The minimum Gasteiger partial charge on any atom is -0.458 e. The van der Waals surface area contributed by atoms with Crippen LogP contribution in [-0.2, 0) is 39.7 Å². The van der Waals surface area contributed by atoms with Crippen molar-refractivity contribution in [3.63, 3.8) is 0 Å². The van der Waals surface area contributed by atoms with Gasteiger partial charge in [-0.3, -0.25) is 29.9 Å². The van der Waals surface area contributed by atoms with Gasteiger partial charge in [-0.05, 0) is 18.1 Å². The summed E-state index contributed by atoms with van der Waals surface area (Å²) in [6, 6.07) is 6.80. The van der Waals surface area contributed by atoms with Gasteiger partial charge >= 0.3 is 11.7 Å². The lowest BCUT2D eigenvalue weighted by molar-refractivity contribution is -0.497. The van der Waals surface area contributed by atoms with Crippen molar-refractivity contribution in [1.82, 2.24) is 14.9 Å². The van der Waals surface area contributed by atoms with Gasteiger partial charge in [0.1, 0.15) is 12.3 Å². The maximum atomic E-state index is 13.4. The van der Waals surface area contributed by atoms with E-state index in [0.29, 0.717) is 22.0 Å². The molecule has 0 saturated heterocycles. The molecule has 13 nitrogen and oxygen atoms in total. The third kappa shape index (κ3) is 2.96. The molecule has 5 rings (SSSR count). The molecule has 0 saturated carbocycles. The molecule has 176 valence electrons. The van der Waals surface area contributed by atoms with E-state index < -0.39 is 39.7 Å². The van der Waals surface area contributed by atoms with Crippen molar-refractivity contribution in [2.45, 2.75) is 38.7 Å². The molecule has 1 aromatic carbocycles. The number of ether oxygens (including phenoxy) is 1. The van der Waals surface area contributed by atoms with Crippen LogP contribution >= 0.6 is 0 Å². The summed E-state index contributed by atoms with van der Waals surface area (Å²) < 4.78 is 6.15. The van der Waals surface area contributed by atoms with Crippen LogP contribution in [0, 0.1) is 10.1 Å². The second-order valence-electron chi connectivity index (χ2n) is 7.95. The number of aliphatic hydroxyl groups is 1. The van der Waals surface area contributed by atoms with E-state index in [-0.39, 0.29) is 42.1 Å². The Bertz CT molecular complexity index is 1450. The third-order valence-electron chi connectivity index (χ3n) is 6.31. The number of hydrogen-bond donors (Lipinski definition) is 3. The summed E-state index contributed by atoms with van der Waals surface area (Å²) in [6.45, 7) is 0.483. The van der Waals surface area contributed by atoms with Crippen molar-refractivity contribution < 1.29 is 34.8 Å². The van der Waals surface area contributed by atoms with Crippen LogP contribution in [-0.4, -0.2) is 41.4 Å². The van der Waals surface area contributed by atoms with Gasteiger partial charge in [0.05, 0.1) is 45.8 Å². The first kappa shape index (κ1) is 22.1. The zero-order valence-corrected chi connectivity index (χ0v) is 17.7. The van der Waals surface area contributed by atoms with Gasteiger partial charge in [0.15, 0.2) is 5.60 Å². The second-order valence-corrected chi connectivity index (χ2v) is 7.95. The molecule has 2 aliphatic rings. The van der Waals surface area contributed by atoms with Crippen LogP contribution in [0.3, 0.4) is 0 Å². The summed E-state index contributed by atoms with van der Waals surface area (Å²) in [7, 11) is 0. The number of rotatable bonds is 5. The van der Waals surface area contributed by atoms with Gasteiger partial charge in [0.2, 0.25) is 0 Å². The first-order valence-corrected chi connectivity index (χ1v) is 10.2. The number of benzene rings is 1. The number of fused-ring (bicyclic) bond motifs is 5. The molecule has 1 unspecified atom stereocenters. The molecular formula is C21H18N4O9. The zero-order chi connectivity index (χ0) is 24.4. The van der Waals surface area contributed by atoms with Gasteiger partial charge < -0.3 is 9.84 Å². The quantitative estimate of drug-likeness (QED) is 0.219. The van der Waals surface area contributed by atoms with Crippen LogP contribution in [0.2, 0.25) is 0 Å². The van der Waals surface area contributed by atoms with E-state index in [1.165, 1.54) is 6.92 Å². The average Bonchev–Trinajstić information content (AvgIpc) is 3.18. The van der Waals surface area contributed by atoms with E-state index >= 15 is 0 Å². The second kappa shape index (κ2) is 7.65. The Labute approximate surface area is 190 Å². The fourth-order valence-electron chi connectivity index (χ4n) is 4.72. The van der Waals surface area contributed by atoms with Crippen LogP contribution in [0.15, 0.2) is 29.1 Å². The van der Waals surface area contributed by atoms with E-state index in [4.69, 9.17) is 20.0 Å². The molecule has 0 fully saturated rings. The number of nitrogens with zero attached hydrogens (tertiary/aromatic N) is 4. The number of nitro groups is 1. The van der Waals surface area contributed by atoms with Crippen LogP contribution in [0.5, 0.6) is 0 Å². The van der Waals surface area contributed by atoms with Crippen molar-refractivity contribution in [1.29, 1.82) is 0 Å². The molecule has 2 aromatic heterocycles. The first-order chi connectivity index (χ1) is 16.2. The fourth-order valence-corrected chi connectivity index (χ4v) is 4.72. The summed E-state index contributed by atoms with van der Waals surface area (Å²) in [5.41, 5.74) is -2.99. The van der Waals surface area contributed by atoms with Gasteiger partial charge in [-0.1, -0.05) is 25.1 Å². The monoisotopic (exact) mass is 470 g/mol. The van der Waals surface area contributed by atoms with Gasteiger partial charge in [-0.2, -0.15) is 0 Å². The Morgan fingerprint density at radius 2 is 2.03 bits per heavy atom. The van der Waals surface area contributed by atoms with E-state index in [2.05, 4.69) is 4.98 Å². The standard InChI is InChI=1S/C21H18N4O9/c1-2-21(28)15-13(8-33-20(21)27)19(26)23-7-11-12(9-34-25(31)32)10-5-3-4-6-14(10)22-16(11)18(23)17(15)24(29)30/h3-6,28,31-32H,2,7-9H2,1H3. The average molecular weight is 470 g/mol. The van der Waals surface area contributed by atoms with Crippen LogP contribution in [0.1, 0.15) is 35.6 Å². The largest absolute Gasteiger partial charge is 0.458 e. The summed E-state index contributed by atoms with van der Waals surface area (Å²) in [5.74, 6) is -1.07. The lowest BCUT2D eigenvalue weighted by Crippen LogP contribution is -2.45. The predicted octanol–water partition coefficient (Wildman–Crippen LogP) is 1.50. The van der Waals surface area contributed by atoms with Gasteiger partial charge in [-0.15, -0.1) is 0 Å². The molecule has 0 amide bonds. The molecule has 3 aromatic rings. The summed E-state index contributed by atoms with van der Waals surface area (Å²) >= 11 is 0. The predicted molar refractivity (Wildman–Crippen MR) is 111 cm³/mol. The molecule has 0 bridgehead atoms. The topological polar surface area (TPSA) is 177 Å². The molecule has 0 radical (unpaired) electrons. The highest BCUT2D eigenvalue weighted by molar-refractivity contribution is 5.92. The molecule has 13 heteroatoms. The molecule has 3 N–H and O–H groups in total. The maximum absolute atomic E-state index is 13.4. The number of carbonyl (C=O) groups is 1. The number of pyridine rings is 2. The van der Waals surface area contributed by atoms with E-state index in [1.54, 1.807) is 24.3 Å². The normalized spacial score (nSPS) is 18.6. The molecule has 2 aliphatic heterocycles. The Hall–Kier alpha value is -3.75. The number of hydrogen-bond acceptors (Lipinski definition) is 11. The molecule has 4 heterocycles. The van der Waals surface area contributed by atoms with Crippen LogP contribution in [0.4, 0.5) is 5.69 Å². The van der Waals surface area contributed by atoms with Crippen molar-refractivity contribution in [3.05, 3.63) is 67.0 Å². The van der Waals surface area contributed by atoms with Crippen molar-refractivity contribution in [2.24, 2.45) is 0 Å². The van der Waals surface area contributed by atoms with E-state index in [0.717, 1.165) is 4.57 Å². The zero-order valence-electron chi connectivity index (χ0n) is 17.7. The van der Waals surface area contributed by atoms with Crippen LogP contribution in [0.25, 0.3) is 22.3 Å².